The van der Waals surface area contributed by atoms with Gasteiger partial charge in [-0.2, -0.15) is 0 Å². The molecule has 0 aliphatic carbocycles. The number of amides is 1. The highest BCUT2D eigenvalue weighted by Gasteiger charge is 2.22. The van der Waals surface area contributed by atoms with Crippen molar-refractivity contribution in [2.45, 2.75) is 46.3 Å². The van der Waals surface area contributed by atoms with Gasteiger partial charge in [-0.3, -0.25) is 9.69 Å². The van der Waals surface area contributed by atoms with Gasteiger partial charge in [-0.15, -0.1) is 11.3 Å². The van der Waals surface area contributed by atoms with Crippen molar-refractivity contribution in [2.24, 2.45) is 0 Å². The summed E-state index contributed by atoms with van der Waals surface area (Å²) < 4.78 is 11.3. The van der Waals surface area contributed by atoms with Crippen molar-refractivity contribution in [3.8, 4) is 10.8 Å². The number of rotatable bonds is 6. The Bertz CT molecular complexity index is 745. The number of ether oxygens (including phenoxy) is 1. The van der Waals surface area contributed by atoms with Gasteiger partial charge < -0.3 is 14.5 Å². The first-order chi connectivity index (χ1) is 12.4. The summed E-state index contributed by atoms with van der Waals surface area (Å²) >= 11 is 1.38. The number of thiazole rings is 1. The Kier molecular flexibility index (Phi) is 6.11. The Morgan fingerprint density at radius 1 is 1.31 bits per heavy atom. The van der Waals surface area contributed by atoms with Crippen LogP contribution in [0.15, 0.2) is 16.5 Å². The monoisotopic (exact) mass is 377 g/mol. The lowest BCUT2D eigenvalue weighted by Crippen LogP contribution is -2.46. The fourth-order valence-corrected chi connectivity index (χ4v) is 4.26. The summed E-state index contributed by atoms with van der Waals surface area (Å²) in [6.07, 6.45) is 1.47. The molecule has 2 aromatic rings. The van der Waals surface area contributed by atoms with Crippen molar-refractivity contribution < 1.29 is 13.9 Å². The lowest BCUT2D eigenvalue weighted by atomic mass is 10.2. The van der Waals surface area contributed by atoms with E-state index >= 15 is 0 Å². The second-order valence-electron chi connectivity index (χ2n) is 6.97. The van der Waals surface area contributed by atoms with Crippen LogP contribution in [0.3, 0.4) is 0 Å². The molecule has 0 saturated carbocycles. The van der Waals surface area contributed by atoms with E-state index in [1.165, 1.54) is 11.3 Å². The highest BCUT2D eigenvalue weighted by molar-refractivity contribution is 7.17. The molecule has 0 radical (unpaired) electrons. The minimum atomic E-state index is -0.0572. The van der Waals surface area contributed by atoms with E-state index in [1.54, 1.807) is 0 Å². The predicted molar refractivity (Wildman–Crippen MR) is 103 cm³/mol. The van der Waals surface area contributed by atoms with Crippen LogP contribution in [-0.4, -0.2) is 54.2 Å². The van der Waals surface area contributed by atoms with Gasteiger partial charge >= 0.3 is 0 Å². The molecule has 3 rings (SSSR count). The van der Waals surface area contributed by atoms with E-state index in [-0.39, 0.29) is 18.1 Å². The van der Waals surface area contributed by atoms with Crippen LogP contribution in [0.1, 0.15) is 41.4 Å². The van der Waals surface area contributed by atoms with Crippen LogP contribution < -0.4 is 5.32 Å². The molecule has 1 fully saturated rings. The normalized spacial score (nSPS) is 21.1. The van der Waals surface area contributed by atoms with E-state index in [9.17, 15) is 4.79 Å². The summed E-state index contributed by atoms with van der Waals surface area (Å²) in [7, 11) is 0. The quantitative estimate of drug-likeness (QED) is 0.783. The van der Waals surface area contributed by atoms with Gasteiger partial charge in [-0.05, 0) is 46.2 Å². The topological polar surface area (TPSA) is 67.6 Å². The zero-order chi connectivity index (χ0) is 18.7. The van der Waals surface area contributed by atoms with Gasteiger partial charge in [0.2, 0.25) is 0 Å². The van der Waals surface area contributed by atoms with E-state index in [1.807, 2.05) is 26.0 Å². The number of nitrogens with zero attached hydrogens (tertiary/aromatic N) is 2. The van der Waals surface area contributed by atoms with Crippen molar-refractivity contribution in [3.05, 3.63) is 28.5 Å². The molecule has 0 aromatic carbocycles. The van der Waals surface area contributed by atoms with E-state index in [0.717, 1.165) is 42.5 Å². The maximum atomic E-state index is 12.5. The zero-order valence-corrected chi connectivity index (χ0v) is 16.7. The molecular weight excluding hydrogens is 350 g/mol. The average molecular weight is 378 g/mol. The molecule has 0 bridgehead atoms. The first-order valence-corrected chi connectivity index (χ1v) is 9.94. The first-order valence-electron chi connectivity index (χ1n) is 9.12. The summed E-state index contributed by atoms with van der Waals surface area (Å²) in [4.78, 5) is 20.0. The maximum Gasteiger partial charge on any atom is 0.263 e. The van der Waals surface area contributed by atoms with Gasteiger partial charge in [-0.1, -0.05) is 0 Å². The van der Waals surface area contributed by atoms with Crippen molar-refractivity contribution >= 4 is 17.2 Å². The fourth-order valence-electron chi connectivity index (χ4n) is 3.31. The van der Waals surface area contributed by atoms with Crippen LogP contribution in [0.4, 0.5) is 0 Å². The highest BCUT2D eigenvalue weighted by Crippen LogP contribution is 2.29. The third kappa shape index (κ3) is 4.72. The predicted octanol–water partition coefficient (Wildman–Crippen LogP) is 3.25. The molecule has 142 valence electrons. The first kappa shape index (κ1) is 19.1. The third-order valence-electron chi connectivity index (χ3n) is 4.39. The van der Waals surface area contributed by atoms with Crippen molar-refractivity contribution in [1.82, 2.24) is 15.2 Å². The minimum absolute atomic E-state index is 0.0572. The molecule has 7 heteroatoms. The van der Waals surface area contributed by atoms with Crippen LogP contribution in [0.2, 0.25) is 0 Å². The third-order valence-corrected chi connectivity index (χ3v) is 5.56. The molecule has 1 saturated heterocycles. The Morgan fingerprint density at radius 3 is 2.69 bits per heavy atom. The Labute approximate surface area is 158 Å². The van der Waals surface area contributed by atoms with Gasteiger partial charge in [0.05, 0.1) is 17.9 Å². The minimum Gasteiger partial charge on any atom is -0.459 e. The molecule has 0 spiro atoms. The Balaban J connectivity index is 1.49. The molecular formula is C19H27N3O3S. The van der Waals surface area contributed by atoms with Crippen LogP contribution >= 0.6 is 11.3 Å². The molecule has 3 heterocycles. The van der Waals surface area contributed by atoms with Gasteiger partial charge in [0.15, 0.2) is 10.8 Å². The molecule has 2 atom stereocenters. The second-order valence-corrected chi connectivity index (χ2v) is 7.97. The number of morpholine rings is 1. The van der Waals surface area contributed by atoms with E-state index in [4.69, 9.17) is 9.15 Å². The van der Waals surface area contributed by atoms with Gasteiger partial charge in [-0.25, -0.2) is 4.98 Å². The zero-order valence-electron chi connectivity index (χ0n) is 15.9. The summed E-state index contributed by atoms with van der Waals surface area (Å²) in [5, 5.41) is 3.76. The average Bonchev–Trinajstić information content (AvgIpc) is 3.16. The summed E-state index contributed by atoms with van der Waals surface area (Å²) in [6, 6.07) is 3.79. The molecule has 2 unspecified atom stereocenters. The molecule has 1 aliphatic heterocycles. The number of hydrogen-bond acceptors (Lipinski definition) is 6. The largest absolute Gasteiger partial charge is 0.459 e. The number of carbonyl (C=O) groups is 1. The van der Waals surface area contributed by atoms with Crippen LogP contribution in [0, 0.1) is 13.8 Å². The number of furan rings is 1. The number of hydrogen-bond donors (Lipinski definition) is 1. The Hall–Kier alpha value is -1.70. The smallest absolute Gasteiger partial charge is 0.263 e. The molecule has 26 heavy (non-hydrogen) atoms. The summed E-state index contributed by atoms with van der Waals surface area (Å²) in [6.45, 7) is 11.5. The van der Waals surface area contributed by atoms with E-state index in [2.05, 4.69) is 29.0 Å². The van der Waals surface area contributed by atoms with Gasteiger partial charge in [0.25, 0.3) is 5.91 Å². The number of nitrogens with one attached hydrogen (secondary N) is 1. The number of aryl methyl sites for hydroxylation is 2. The van der Waals surface area contributed by atoms with Gasteiger partial charge in [0, 0.05) is 26.2 Å². The highest BCUT2D eigenvalue weighted by atomic mass is 32.1. The lowest BCUT2D eigenvalue weighted by Gasteiger charge is -2.35. The summed E-state index contributed by atoms with van der Waals surface area (Å²) in [5.74, 6) is 1.49. The summed E-state index contributed by atoms with van der Waals surface area (Å²) in [5.41, 5.74) is 0.743. The van der Waals surface area contributed by atoms with E-state index in [0.29, 0.717) is 17.2 Å². The molecule has 1 amide bonds. The Morgan fingerprint density at radius 2 is 2.04 bits per heavy atom. The van der Waals surface area contributed by atoms with Crippen LogP contribution in [-0.2, 0) is 4.74 Å². The second kappa shape index (κ2) is 8.33. The maximum absolute atomic E-state index is 12.5. The fraction of sp³-hybridized carbons (Fsp3) is 0.579. The van der Waals surface area contributed by atoms with Crippen LogP contribution in [0.25, 0.3) is 10.8 Å². The molecule has 6 nitrogen and oxygen atoms in total. The van der Waals surface area contributed by atoms with Crippen molar-refractivity contribution in [3.63, 3.8) is 0 Å². The lowest BCUT2D eigenvalue weighted by molar-refractivity contribution is -0.0679. The standard InChI is InChI=1S/C19H27N3O3S/c1-12-6-7-16(25-12)19-21-15(4)17(26-19)18(23)20-8-5-9-22-10-13(2)24-14(3)11-22/h6-7,13-14H,5,8-11H2,1-4H3,(H,20,23). The van der Waals surface area contributed by atoms with Gasteiger partial charge in [0.1, 0.15) is 10.6 Å². The molecule has 2 aromatic heterocycles. The van der Waals surface area contributed by atoms with Crippen molar-refractivity contribution in [1.29, 1.82) is 0 Å². The SMILES string of the molecule is Cc1ccc(-c2nc(C)c(C(=O)NCCCN3CC(C)OC(C)C3)s2)o1. The van der Waals surface area contributed by atoms with Crippen LogP contribution in [0.5, 0.6) is 0 Å². The van der Waals surface area contributed by atoms with E-state index < -0.39 is 0 Å². The number of aromatic nitrogens is 1. The molecule has 1 aliphatic rings. The number of carbonyl (C=O) groups excluding carboxylic acids is 1. The van der Waals surface area contributed by atoms with Crippen molar-refractivity contribution in [2.75, 3.05) is 26.2 Å². The molecule has 1 N–H and O–H groups in total.